The van der Waals surface area contributed by atoms with Gasteiger partial charge in [-0.1, -0.05) is 82.8 Å². The summed E-state index contributed by atoms with van der Waals surface area (Å²) in [6, 6.07) is 15.4. The third-order valence-electron chi connectivity index (χ3n) is 5.03. The van der Waals surface area contributed by atoms with Crippen LogP contribution >= 0.6 is 46.4 Å². The van der Waals surface area contributed by atoms with Crippen molar-refractivity contribution in [3.63, 3.8) is 0 Å². The van der Waals surface area contributed by atoms with Crippen LogP contribution in [0.3, 0.4) is 0 Å². The van der Waals surface area contributed by atoms with Crippen LogP contribution < -0.4 is 10.6 Å². The number of rotatable bonds is 9. The maximum atomic E-state index is 12.4. The fraction of sp³-hybridized carbons (Fsp3) is 0.115. The molecule has 0 saturated heterocycles. The van der Waals surface area contributed by atoms with Crippen molar-refractivity contribution in [1.82, 2.24) is 5.32 Å². The van der Waals surface area contributed by atoms with Crippen molar-refractivity contribution in [2.24, 2.45) is 0 Å². The lowest BCUT2D eigenvalue weighted by molar-refractivity contribution is -0.140. The minimum absolute atomic E-state index is 0.150. The van der Waals surface area contributed by atoms with Gasteiger partial charge in [0.05, 0.1) is 31.2 Å². The van der Waals surface area contributed by atoms with Crippen molar-refractivity contribution in [1.29, 1.82) is 0 Å². The van der Waals surface area contributed by atoms with Crippen molar-refractivity contribution in [3.8, 4) is 0 Å². The molecule has 5 N–H and O–H groups in total. The molecule has 0 aliphatic carbocycles. The van der Waals surface area contributed by atoms with Crippen molar-refractivity contribution in [2.75, 3.05) is 5.32 Å². The van der Waals surface area contributed by atoms with Crippen LogP contribution in [0.4, 0.5) is 5.69 Å². The third-order valence-corrected chi connectivity index (χ3v) is 6.83. The van der Waals surface area contributed by atoms with Crippen LogP contribution in [-0.2, 0) is 9.59 Å². The number of aliphatic carboxylic acids is 2. The second-order valence-electron chi connectivity index (χ2n) is 7.79. The molecule has 3 aromatic rings. The summed E-state index contributed by atoms with van der Waals surface area (Å²) in [6.07, 6.45) is -0.463. The lowest BCUT2D eigenvalue weighted by atomic mass is 10.1. The number of para-hydroxylation sites is 1. The van der Waals surface area contributed by atoms with Gasteiger partial charge in [-0.2, -0.15) is 0 Å². The molecule has 0 spiro atoms. The number of hydrogen-bond acceptors (Lipinski definition) is 5. The topological polar surface area (TPSA) is 170 Å². The highest BCUT2D eigenvalue weighted by Gasteiger charge is 2.29. The summed E-state index contributed by atoms with van der Waals surface area (Å²) in [6.45, 7) is 0. The summed E-state index contributed by atoms with van der Waals surface area (Å²) in [5.41, 5.74) is -0.0620. The summed E-state index contributed by atoms with van der Waals surface area (Å²) in [7, 11) is 0. The van der Waals surface area contributed by atoms with Crippen molar-refractivity contribution < 1.29 is 39.3 Å². The quantitative estimate of drug-likeness (QED) is 0.142. The summed E-state index contributed by atoms with van der Waals surface area (Å²) in [5.74, 6) is -5.08. The Kier molecular flexibility index (Phi) is 12.2. The van der Waals surface area contributed by atoms with Crippen LogP contribution in [0.1, 0.15) is 43.9 Å². The number of aromatic carboxylic acids is 1. The van der Waals surface area contributed by atoms with E-state index in [1.54, 1.807) is 60.7 Å². The Morgan fingerprint density at radius 3 is 1.65 bits per heavy atom. The summed E-state index contributed by atoms with van der Waals surface area (Å²) >= 11 is 23.6. The molecule has 3 rings (SSSR count). The van der Waals surface area contributed by atoms with Gasteiger partial charge in [-0.15, -0.1) is 0 Å². The van der Waals surface area contributed by atoms with Crippen LogP contribution in [0.25, 0.3) is 0 Å². The first-order valence-electron chi connectivity index (χ1n) is 11.1. The largest absolute Gasteiger partial charge is 0.481 e. The van der Waals surface area contributed by atoms with Gasteiger partial charge in [0.25, 0.3) is 11.8 Å². The molecule has 3 aromatic carbocycles. The summed E-state index contributed by atoms with van der Waals surface area (Å²) in [5, 5.41) is 30.4. The zero-order valence-electron chi connectivity index (χ0n) is 20.2. The Balaban J connectivity index is 0.000000286. The minimum atomic E-state index is -1.44. The average Bonchev–Trinajstić information content (AvgIpc) is 2.92. The maximum Gasteiger partial charge on any atom is 0.338 e. The van der Waals surface area contributed by atoms with Crippen molar-refractivity contribution >= 4 is 81.8 Å². The highest BCUT2D eigenvalue weighted by molar-refractivity contribution is 6.54. The monoisotopic (exact) mass is 628 g/mol. The number of nitrogens with one attached hydrogen (secondary N) is 2. The van der Waals surface area contributed by atoms with Gasteiger partial charge >= 0.3 is 17.9 Å². The van der Waals surface area contributed by atoms with Crippen molar-refractivity contribution in [3.05, 3.63) is 97.4 Å². The van der Waals surface area contributed by atoms with Crippen LogP contribution in [0.2, 0.25) is 20.1 Å². The molecule has 0 aromatic heterocycles. The minimum Gasteiger partial charge on any atom is -0.481 e. The predicted octanol–water partition coefficient (Wildman–Crippen LogP) is 5.99. The SMILES string of the molecule is O=C(O)CC[C@H](NC(=O)c1ccccc1)C(=O)O.O=C(O)c1c(Cl)c(Cl)c(Cl)c(Cl)c1C(=O)Nc1ccccc1. The number of benzene rings is 3. The summed E-state index contributed by atoms with van der Waals surface area (Å²) in [4.78, 5) is 56.7. The van der Waals surface area contributed by atoms with Crippen molar-refractivity contribution in [2.45, 2.75) is 18.9 Å². The molecule has 0 aliphatic rings. The molecule has 0 saturated carbocycles. The molecule has 210 valence electrons. The Labute approximate surface area is 247 Å². The number of carboxylic acids is 3. The Morgan fingerprint density at radius 2 is 1.18 bits per heavy atom. The van der Waals surface area contributed by atoms with E-state index in [2.05, 4.69) is 10.6 Å². The molecular formula is C26H20Cl4N2O8. The Bertz CT molecular complexity index is 1420. The Hall–Kier alpha value is -3.83. The first kappa shape index (κ1) is 32.4. The number of halogens is 4. The molecule has 0 unspecified atom stereocenters. The second-order valence-corrected chi connectivity index (χ2v) is 9.31. The normalized spacial score (nSPS) is 10.9. The van der Waals surface area contributed by atoms with Gasteiger partial charge in [-0.25, -0.2) is 9.59 Å². The zero-order valence-corrected chi connectivity index (χ0v) is 23.2. The molecular weight excluding hydrogens is 610 g/mol. The highest BCUT2D eigenvalue weighted by atomic mass is 35.5. The number of carbonyl (C=O) groups is 5. The molecule has 2 amide bonds. The molecule has 1 atom stereocenters. The van der Waals surface area contributed by atoms with E-state index in [1.165, 1.54) is 0 Å². The lowest BCUT2D eigenvalue weighted by Crippen LogP contribution is -2.41. The van der Waals surface area contributed by atoms with Gasteiger partial charge in [0.2, 0.25) is 0 Å². The van der Waals surface area contributed by atoms with Gasteiger partial charge in [-0.3, -0.25) is 14.4 Å². The van der Waals surface area contributed by atoms with E-state index in [4.69, 9.17) is 56.6 Å². The number of carboxylic acid groups (broad SMARTS) is 3. The number of anilines is 1. The maximum absolute atomic E-state index is 12.4. The number of carbonyl (C=O) groups excluding carboxylic acids is 2. The molecule has 10 nitrogen and oxygen atoms in total. The highest BCUT2D eigenvalue weighted by Crippen LogP contribution is 2.41. The molecule has 0 aliphatic heterocycles. The van der Waals surface area contributed by atoms with Gasteiger partial charge in [0, 0.05) is 17.7 Å². The third kappa shape index (κ3) is 8.85. The molecule has 0 bridgehead atoms. The first-order valence-corrected chi connectivity index (χ1v) is 12.6. The first-order chi connectivity index (χ1) is 18.8. The number of amides is 2. The van der Waals surface area contributed by atoms with Gasteiger partial charge in [0.1, 0.15) is 6.04 Å². The summed E-state index contributed by atoms with van der Waals surface area (Å²) < 4.78 is 0. The van der Waals surface area contributed by atoms with Gasteiger partial charge < -0.3 is 26.0 Å². The second kappa shape index (κ2) is 15.1. The van der Waals surface area contributed by atoms with E-state index in [0.29, 0.717) is 11.3 Å². The molecule has 0 fully saturated rings. The Morgan fingerprint density at radius 1 is 0.675 bits per heavy atom. The van der Waals surface area contributed by atoms with Gasteiger partial charge in [-0.05, 0) is 30.7 Å². The predicted molar refractivity (Wildman–Crippen MR) is 150 cm³/mol. The van der Waals surface area contributed by atoms with E-state index < -0.39 is 41.3 Å². The van der Waals surface area contributed by atoms with Crippen LogP contribution in [0, 0.1) is 0 Å². The van der Waals surface area contributed by atoms with E-state index in [0.717, 1.165) is 0 Å². The van der Waals surface area contributed by atoms with E-state index in [-0.39, 0.29) is 38.5 Å². The fourth-order valence-corrected chi connectivity index (χ4v) is 4.14. The lowest BCUT2D eigenvalue weighted by Gasteiger charge is -2.13. The van der Waals surface area contributed by atoms with Gasteiger partial charge in [0.15, 0.2) is 0 Å². The van der Waals surface area contributed by atoms with E-state index >= 15 is 0 Å². The number of hydrogen-bond donors (Lipinski definition) is 5. The fourth-order valence-electron chi connectivity index (χ4n) is 3.12. The van der Waals surface area contributed by atoms with E-state index in [1.807, 2.05) is 0 Å². The zero-order chi connectivity index (χ0) is 30.0. The molecule has 0 heterocycles. The average molecular weight is 630 g/mol. The van der Waals surface area contributed by atoms with Crippen LogP contribution in [0.15, 0.2) is 60.7 Å². The van der Waals surface area contributed by atoms with E-state index in [9.17, 15) is 29.1 Å². The molecule has 0 radical (unpaired) electrons. The van der Waals surface area contributed by atoms with Crippen LogP contribution in [-0.4, -0.2) is 51.1 Å². The smallest absolute Gasteiger partial charge is 0.338 e. The van der Waals surface area contributed by atoms with Crippen LogP contribution in [0.5, 0.6) is 0 Å². The standard InChI is InChI=1S/C14H7Cl4NO3.C12H13NO5/c15-9-7(13(20)19-6-4-2-1-3-5-6)8(14(21)22)10(16)12(18)11(9)17;14-10(15)7-6-9(12(17)18)13-11(16)8-4-2-1-3-5-8/h1-5H,(H,19,20)(H,21,22);1-5,9H,6-7H2,(H,13,16)(H,14,15)(H,17,18)/t;9-/m.0/s1. The molecule has 40 heavy (non-hydrogen) atoms. The molecule has 14 heteroatoms.